The van der Waals surface area contributed by atoms with Crippen LogP contribution in [-0.4, -0.2) is 53.6 Å². The third kappa shape index (κ3) is 3.64. The summed E-state index contributed by atoms with van der Waals surface area (Å²) in [6.45, 7) is 5.40. The normalized spacial score (nSPS) is 17.1. The Labute approximate surface area is 156 Å². The number of aromatic nitrogens is 7. The van der Waals surface area contributed by atoms with Gasteiger partial charge in [-0.3, -0.25) is 10.2 Å². The van der Waals surface area contributed by atoms with Gasteiger partial charge in [-0.2, -0.15) is 5.10 Å². The van der Waals surface area contributed by atoms with Gasteiger partial charge in [-0.1, -0.05) is 0 Å². The molecule has 4 rings (SSSR count). The molecule has 1 fully saturated rings. The van der Waals surface area contributed by atoms with Crippen molar-refractivity contribution < 1.29 is 4.79 Å². The monoisotopic (exact) mass is 367 g/mol. The molecule has 4 heterocycles. The number of piperidine rings is 1. The smallest absolute Gasteiger partial charge is 0.243 e. The molecule has 140 valence electrons. The van der Waals surface area contributed by atoms with Crippen molar-refractivity contribution in [2.75, 3.05) is 23.4 Å². The minimum Gasteiger partial charge on any atom is -0.356 e. The Morgan fingerprint density at radius 3 is 2.67 bits per heavy atom. The highest BCUT2D eigenvalue weighted by atomic mass is 16.2. The molecule has 0 aromatic carbocycles. The first kappa shape index (κ1) is 17.1. The summed E-state index contributed by atoms with van der Waals surface area (Å²) < 4.78 is 3.27. The van der Waals surface area contributed by atoms with Crippen LogP contribution in [0.3, 0.4) is 0 Å². The fourth-order valence-electron chi connectivity index (χ4n) is 3.36. The van der Waals surface area contributed by atoms with Gasteiger partial charge in [0.25, 0.3) is 0 Å². The summed E-state index contributed by atoms with van der Waals surface area (Å²) in [7, 11) is 0. The third-order valence-corrected chi connectivity index (χ3v) is 4.64. The number of amides is 1. The van der Waals surface area contributed by atoms with Crippen molar-refractivity contribution in [2.45, 2.75) is 26.7 Å². The van der Waals surface area contributed by atoms with E-state index in [1.165, 1.54) is 17.3 Å². The van der Waals surface area contributed by atoms with E-state index in [0.717, 1.165) is 42.4 Å². The zero-order valence-corrected chi connectivity index (χ0v) is 15.3. The highest BCUT2D eigenvalue weighted by Gasteiger charge is 2.27. The molecule has 10 nitrogen and oxygen atoms in total. The Bertz CT molecular complexity index is 934. The zero-order valence-electron chi connectivity index (χ0n) is 15.3. The lowest BCUT2D eigenvalue weighted by Gasteiger charge is -2.32. The molecule has 1 amide bonds. The van der Waals surface area contributed by atoms with Crippen LogP contribution in [0.1, 0.15) is 24.2 Å². The van der Waals surface area contributed by atoms with Crippen LogP contribution in [0.2, 0.25) is 0 Å². The molecule has 3 aromatic heterocycles. The summed E-state index contributed by atoms with van der Waals surface area (Å²) in [6, 6.07) is 3.92. The third-order valence-electron chi connectivity index (χ3n) is 4.64. The number of carbonyl (C=O) groups excluding carboxylic acids is 1. The second-order valence-corrected chi connectivity index (χ2v) is 6.70. The molecule has 0 aliphatic carbocycles. The van der Waals surface area contributed by atoms with Gasteiger partial charge in [0.15, 0.2) is 5.82 Å². The maximum absolute atomic E-state index is 12.5. The second-order valence-electron chi connectivity index (χ2n) is 6.70. The number of nitrogens with one attached hydrogen (secondary N) is 1. The Kier molecular flexibility index (Phi) is 4.53. The summed E-state index contributed by atoms with van der Waals surface area (Å²) in [4.78, 5) is 23.4. The van der Waals surface area contributed by atoms with Gasteiger partial charge >= 0.3 is 0 Å². The summed E-state index contributed by atoms with van der Waals surface area (Å²) in [5.41, 5.74) is 4.75. The summed E-state index contributed by atoms with van der Waals surface area (Å²) in [6.07, 6.45) is 6.22. The molecular weight excluding hydrogens is 346 g/mol. The number of hydrogen-bond acceptors (Lipinski definition) is 7. The van der Waals surface area contributed by atoms with Crippen LogP contribution in [0, 0.1) is 19.8 Å². The maximum atomic E-state index is 12.5. The minimum absolute atomic E-state index is 0.0488. The van der Waals surface area contributed by atoms with Crippen LogP contribution in [0.4, 0.5) is 5.82 Å². The average molecular weight is 367 g/mol. The van der Waals surface area contributed by atoms with Crippen LogP contribution < -0.4 is 10.3 Å². The van der Waals surface area contributed by atoms with Gasteiger partial charge in [0, 0.05) is 24.8 Å². The molecule has 0 spiro atoms. The Morgan fingerprint density at radius 2 is 1.93 bits per heavy atom. The first-order valence-corrected chi connectivity index (χ1v) is 8.86. The van der Waals surface area contributed by atoms with Crippen molar-refractivity contribution >= 4 is 11.7 Å². The van der Waals surface area contributed by atoms with E-state index in [-0.39, 0.29) is 11.8 Å². The second kappa shape index (κ2) is 7.14. The van der Waals surface area contributed by atoms with E-state index in [4.69, 9.17) is 0 Å². The summed E-state index contributed by atoms with van der Waals surface area (Å²) in [5, 5.41) is 11.9. The predicted octanol–water partition coefficient (Wildman–Crippen LogP) is 0.857. The largest absolute Gasteiger partial charge is 0.356 e. The van der Waals surface area contributed by atoms with Gasteiger partial charge < -0.3 is 4.90 Å². The first-order valence-electron chi connectivity index (χ1n) is 8.86. The van der Waals surface area contributed by atoms with Crippen molar-refractivity contribution in [1.29, 1.82) is 0 Å². The SMILES string of the molecule is Cc1cc(C)n(-c2cc(N3CCC[C@@H](C(=O)Nn4cnnc4)C3)ncn2)n1. The lowest BCUT2D eigenvalue weighted by molar-refractivity contribution is -0.121. The molecule has 0 bridgehead atoms. The number of hydrogen-bond donors (Lipinski definition) is 1. The molecule has 1 N–H and O–H groups in total. The molecule has 0 radical (unpaired) electrons. The van der Waals surface area contributed by atoms with E-state index in [0.29, 0.717) is 6.54 Å². The molecule has 27 heavy (non-hydrogen) atoms. The number of anilines is 1. The molecule has 3 aromatic rings. The number of rotatable bonds is 4. The Morgan fingerprint density at radius 1 is 1.15 bits per heavy atom. The summed E-state index contributed by atoms with van der Waals surface area (Å²) in [5.74, 6) is 1.34. The van der Waals surface area contributed by atoms with Crippen molar-refractivity contribution in [3.63, 3.8) is 0 Å². The van der Waals surface area contributed by atoms with Crippen LogP contribution in [0.5, 0.6) is 0 Å². The lowest BCUT2D eigenvalue weighted by atomic mass is 9.97. The molecule has 1 aliphatic heterocycles. The molecule has 1 saturated heterocycles. The highest BCUT2D eigenvalue weighted by molar-refractivity contribution is 5.86. The van der Waals surface area contributed by atoms with Gasteiger partial charge in [-0.15, -0.1) is 10.2 Å². The molecular formula is C17H21N9O. The topological polar surface area (TPSA) is 107 Å². The van der Waals surface area contributed by atoms with E-state index in [2.05, 4.69) is 35.6 Å². The fraction of sp³-hybridized carbons (Fsp3) is 0.412. The predicted molar refractivity (Wildman–Crippen MR) is 98.0 cm³/mol. The average Bonchev–Trinajstić information content (AvgIpc) is 3.31. The van der Waals surface area contributed by atoms with Crippen molar-refractivity contribution in [2.24, 2.45) is 5.92 Å². The van der Waals surface area contributed by atoms with Gasteiger partial charge in [0.05, 0.1) is 11.6 Å². The standard InChI is InChI=1S/C17H21N9O/c1-12-6-13(2)26(22-12)16-7-15(18-9-19-16)24-5-3-4-14(8-24)17(27)23-25-10-20-21-11-25/h6-7,9-11,14H,3-5,8H2,1-2H3,(H,23,27)/t14-/m1/s1. The van der Waals surface area contributed by atoms with Crippen LogP contribution in [-0.2, 0) is 4.79 Å². The maximum Gasteiger partial charge on any atom is 0.243 e. The molecule has 1 aliphatic rings. The van der Waals surface area contributed by atoms with E-state index in [1.807, 2.05) is 26.0 Å². The first-order chi connectivity index (χ1) is 13.1. The lowest BCUT2D eigenvalue weighted by Crippen LogP contribution is -2.42. The van der Waals surface area contributed by atoms with Gasteiger partial charge in [0.1, 0.15) is 24.8 Å². The van der Waals surface area contributed by atoms with Crippen LogP contribution in [0.25, 0.3) is 5.82 Å². The summed E-state index contributed by atoms with van der Waals surface area (Å²) >= 11 is 0. The van der Waals surface area contributed by atoms with Crippen molar-refractivity contribution in [3.8, 4) is 5.82 Å². The van der Waals surface area contributed by atoms with Crippen LogP contribution in [0.15, 0.2) is 31.1 Å². The van der Waals surface area contributed by atoms with Gasteiger partial charge in [0.2, 0.25) is 5.91 Å². The van der Waals surface area contributed by atoms with Crippen molar-refractivity contribution in [1.82, 2.24) is 34.6 Å². The van der Waals surface area contributed by atoms with E-state index < -0.39 is 0 Å². The Hall–Kier alpha value is -3.30. The van der Waals surface area contributed by atoms with Crippen molar-refractivity contribution in [3.05, 3.63) is 42.5 Å². The number of aryl methyl sites for hydroxylation is 2. The molecule has 1 atom stereocenters. The Balaban J connectivity index is 1.50. The highest BCUT2D eigenvalue weighted by Crippen LogP contribution is 2.23. The quantitative estimate of drug-likeness (QED) is 0.729. The number of carbonyl (C=O) groups is 1. The zero-order chi connectivity index (χ0) is 18.8. The number of nitrogens with zero attached hydrogens (tertiary/aromatic N) is 8. The van der Waals surface area contributed by atoms with Crippen LogP contribution >= 0.6 is 0 Å². The van der Waals surface area contributed by atoms with E-state index >= 15 is 0 Å². The van der Waals surface area contributed by atoms with E-state index in [1.54, 1.807) is 11.0 Å². The molecule has 0 saturated carbocycles. The molecule has 0 unspecified atom stereocenters. The van der Waals surface area contributed by atoms with Gasteiger partial charge in [-0.05, 0) is 32.8 Å². The fourth-order valence-corrected chi connectivity index (χ4v) is 3.36. The minimum atomic E-state index is -0.131. The molecule has 10 heteroatoms. The van der Waals surface area contributed by atoms with E-state index in [9.17, 15) is 4.79 Å². The van der Waals surface area contributed by atoms with Gasteiger partial charge in [-0.25, -0.2) is 19.3 Å².